The van der Waals surface area contributed by atoms with E-state index < -0.39 is 0 Å². The second-order valence-corrected chi connectivity index (χ2v) is 8.53. The smallest absolute Gasteiger partial charge is 0.229 e. The standard InChI is InChI=1S/C24H31N5O2/c1-2-4-23(30)28-14-10-19(11-15-28)18-6-8-21(9-7-18)26-24(31)20-12-16-29(17-20)22-5-3-13-25-27-22/h3,5-9,13,19-20H,2,4,10-12,14-17H2,1H3,(H,26,31). The molecule has 4 rings (SSSR count). The van der Waals surface area contributed by atoms with Gasteiger partial charge in [-0.25, -0.2) is 0 Å². The lowest BCUT2D eigenvalue weighted by Gasteiger charge is -2.32. The first-order chi connectivity index (χ1) is 15.1. The summed E-state index contributed by atoms with van der Waals surface area (Å²) in [7, 11) is 0. The Morgan fingerprint density at radius 1 is 1.06 bits per heavy atom. The molecule has 7 nitrogen and oxygen atoms in total. The number of carbonyl (C=O) groups excluding carboxylic acids is 2. The fraction of sp³-hybridized carbons (Fsp3) is 0.500. The molecule has 0 radical (unpaired) electrons. The summed E-state index contributed by atoms with van der Waals surface area (Å²) in [5.74, 6) is 1.59. The summed E-state index contributed by atoms with van der Waals surface area (Å²) in [6.07, 6.45) is 6.03. The molecule has 2 saturated heterocycles. The molecule has 2 amide bonds. The van der Waals surface area contributed by atoms with Gasteiger partial charge < -0.3 is 15.1 Å². The van der Waals surface area contributed by atoms with Crippen LogP contribution in [-0.2, 0) is 9.59 Å². The second-order valence-electron chi connectivity index (χ2n) is 8.53. The lowest BCUT2D eigenvalue weighted by molar-refractivity contribution is -0.132. The Bertz CT molecular complexity index is 879. The van der Waals surface area contributed by atoms with Gasteiger partial charge in [0.15, 0.2) is 5.82 Å². The average molecular weight is 422 g/mol. The summed E-state index contributed by atoms with van der Waals surface area (Å²) in [6.45, 7) is 5.21. The number of benzene rings is 1. The van der Waals surface area contributed by atoms with Crippen LogP contribution in [-0.4, -0.2) is 53.1 Å². The molecule has 1 N–H and O–H groups in total. The number of amides is 2. The van der Waals surface area contributed by atoms with E-state index in [2.05, 4.69) is 32.5 Å². The van der Waals surface area contributed by atoms with E-state index in [9.17, 15) is 9.59 Å². The highest BCUT2D eigenvalue weighted by molar-refractivity contribution is 5.93. The molecular weight excluding hydrogens is 390 g/mol. The number of piperidine rings is 1. The maximum absolute atomic E-state index is 12.7. The monoisotopic (exact) mass is 421 g/mol. The molecule has 0 saturated carbocycles. The zero-order chi connectivity index (χ0) is 21.6. The van der Waals surface area contributed by atoms with Gasteiger partial charge in [0.05, 0.1) is 5.92 Å². The van der Waals surface area contributed by atoms with Crippen molar-refractivity contribution < 1.29 is 9.59 Å². The highest BCUT2D eigenvalue weighted by Crippen LogP contribution is 2.29. The van der Waals surface area contributed by atoms with E-state index in [1.807, 2.05) is 36.1 Å². The molecule has 1 aromatic carbocycles. The summed E-state index contributed by atoms with van der Waals surface area (Å²) in [4.78, 5) is 28.9. The number of rotatable bonds is 6. The number of nitrogens with zero attached hydrogens (tertiary/aromatic N) is 4. The third-order valence-corrected chi connectivity index (χ3v) is 6.40. The third-order valence-electron chi connectivity index (χ3n) is 6.40. The van der Waals surface area contributed by atoms with Crippen LogP contribution in [0.15, 0.2) is 42.6 Å². The quantitative estimate of drug-likeness (QED) is 0.773. The van der Waals surface area contributed by atoms with E-state index in [0.29, 0.717) is 18.9 Å². The van der Waals surface area contributed by atoms with Gasteiger partial charge in [0.25, 0.3) is 0 Å². The fourth-order valence-electron chi connectivity index (χ4n) is 4.56. The lowest BCUT2D eigenvalue weighted by atomic mass is 9.89. The van der Waals surface area contributed by atoms with Crippen LogP contribution in [0.5, 0.6) is 0 Å². The van der Waals surface area contributed by atoms with Crippen LogP contribution in [0.1, 0.15) is 50.5 Å². The molecule has 2 aliphatic heterocycles. The van der Waals surface area contributed by atoms with E-state index >= 15 is 0 Å². The van der Waals surface area contributed by atoms with Crippen molar-refractivity contribution in [1.29, 1.82) is 0 Å². The van der Waals surface area contributed by atoms with E-state index in [-0.39, 0.29) is 17.7 Å². The van der Waals surface area contributed by atoms with Gasteiger partial charge in [-0.3, -0.25) is 9.59 Å². The normalized spacial score (nSPS) is 19.5. The Kier molecular flexibility index (Phi) is 6.79. The largest absolute Gasteiger partial charge is 0.354 e. The molecule has 2 aromatic rings. The van der Waals surface area contributed by atoms with E-state index in [0.717, 1.165) is 56.8 Å². The van der Waals surface area contributed by atoms with Gasteiger partial charge in [0.1, 0.15) is 0 Å². The van der Waals surface area contributed by atoms with Gasteiger partial charge in [-0.1, -0.05) is 19.1 Å². The lowest BCUT2D eigenvalue weighted by Crippen LogP contribution is -2.37. The van der Waals surface area contributed by atoms with Crippen LogP contribution in [0.3, 0.4) is 0 Å². The Hall–Kier alpha value is -2.96. The minimum atomic E-state index is -0.0494. The number of hydrogen-bond donors (Lipinski definition) is 1. The van der Waals surface area contributed by atoms with Gasteiger partial charge in [-0.05, 0) is 61.4 Å². The third kappa shape index (κ3) is 5.21. The number of aromatic nitrogens is 2. The molecule has 0 spiro atoms. The number of hydrogen-bond acceptors (Lipinski definition) is 5. The molecule has 2 fully saturated rings. The van der Waals surface area contributed by atoms with Gasteiger partial charge in [0.2, 0.25) is 11.8 Å². The highest BCUT2D eigenvalue weighted by Gasteiger charge is 2.29. The number of nitrogens with one attached hydrogen (secondary N) is 1. The number of likely N-dealkylation sites (tertiary alicyclic amines) is 1. The average Bonchev–Trinajstić information content (AvgIpc) is 3.31. The Morgan fingerprint density at radius 3 is 2.52 bits per heavy atom. The van der Waals surface area contributed by atoms with Crippen LogP contribution < -0.4 is 10.2 Å². The number of anilines is 2. The van der Waals surface area contributed by atoms with Crippen LogP contribution >= 0.6 is 0 Å². The molecule has 0 aliphatic carbocycles. The molecular formula is C24H31N5O2. The molecule has 0 bridgehead atoms. The molecule has 1 atom stereocenters. The summed E-state index contributed by atoms with van der Waals surface area (Å²) in [6, 6.07) is 12.0. The first-order valence-electron chi connectivity index (χ1n) is 11.3. The van der Waals surface area contributed by atoms with Crippen molar-refractivity contribution >= 4 is 23.3 Å². The van der Waals surface area contributed by atoms with Crippen LogP contribution in [0, 0.1) is 5.92 Å². The number of carbonyl (C=O) groups is 2. The maximum atomic E-state index is 12.7. The van der Waals surface area contributed by atoms with Gasteiger partial charge >= 0.3 is 0 Å². The van der Waals surface area contributed by atoms with Crippen molar-refractivity contribution in [3.05, 3.63) is 48.2 Å². The molecule has 164 valence electrons. The van der Waals surface area contributed by atoms with Crippen molar-refractivity contribution in [2.24, 2.45) is 5.92 Å². The zero-order valence-electron chi connectivity index (χ0n) is 18.2. The van der Waals surface area contributed by atoms with Gasteiger partial charge in [-0.15, -0.1) is 5.10 Å². The van der Waals surface area contributed by atoms with Crippen molar-refractivity contribution in [2.45, 2.75) is 44.9 Å². The highest BCUT2D eigenvalue weighted by atomic mass is 16.2. The Labute approximate surface area is 183 Å². The summed E-state index contributed by atoms with van der Waals surface area (Å²) < 4.78 is 0. The predicted octanol–water partition coefficient (Wildman–Crippen LogP) is 3.45. The van der Waals surface area contributed by atoms with Crippen molar-refractivity contribution in [1.82, 2.24) is 15.1 Å². The minimum absolute atomic E-state index is 0.0494. The minimum Gasteiger partial charge on any atom is -0.354 e. The van der Waals surface area contributed by atoms with Gasteiger partial charge in [0, 0.05) is 44.5 Å². The molecule has 2 aliphatic rings. The van der Waals surface area contributed by atoms with Crippen molar-refractivity contribution in [3.8, 4) is 0 Å². The van der Waals surface area contributed by atoms with Gasteiger partial charge in [-0.2, -0.15) is 5.10 Å². The van der Waals surface area contributed by atoms with Crippen LogP contribution in [0.4, 0.5) is 11.5 Å². The fourth-order valence-corrected chi connectivity index (χ4v) is 4.56. The molecule has 1 unspecified atom stereocenters. The van der Waals surface area contributed by atoms with E-state index in [1.165, 1.54) is 5.56 Å². The second kappa shape index (κ2) is 9.90. The molecule has 31 heavy (non-hydrogen) atoms. The Balaban J connectivity index is 1.27. The SMILES string of the molecule is CCCC(=O)N1CCC(c2ccc(NC(=O)C3CCN(c4cccnn4)C3)cc2)CC1. The van der Waals surface area contributed by atoms with E-state index in [4.69, 9.17) is 0 Å². The zero-order valence-corrected chi connectivity index (χ0v) is 18.2. The summed E-state index contributed by atoms with van der Waals surface area (Å²) >= 11 is 0. The summed E-state index contributed by atoms with van der Waals surface area (Å²) in [5, 5.41) is 11.1. The maximum Gasteiger partial charge on any atom is 0.229 e. The molecule has 7 heteroatoms. The van der Waals surface area contributed by atoms with E-state index in [1.54, 1.807) is 6.20 Å². The predicted molar refractivity (Wildman–Crippen MR) is 121 cm³/mol. The first kappa shape index (κ1) is 21.3. The van der Waals surface area contributed by atoms with Crippen LogP contribution in [0.25, 0.3) is 0 Å². The summed E-state index contributed by atoms with van der Waals surface area (Å²) in [5.41, 5.74) is 2.12. The molecule has 1 aromatic heterocycles. The first-order valence-corrected chi connectivity index (χ1v) is 11.3. The van der Waals surface area contributed by atoms with Crippen molar-refractivity contribution in [3.63, 3.8) is 0 Å². The topological polar surface area (TPSA) is 78.4 Å². The van der Waals surface area contributed by atoms with Crippen LogP contribution in [0.2, 0.25) is 0 Å². The molecule has 3 heterocycles. The van der Waals surface area contributed by atoms with Crippen molar-refractivity contribution in [2.75, 3.05) is 36.4 Å². The Morgan fingerprint density at radius 2 is 1.84 bits per heavy atom.